The maximum absolute atomic E-state index is 12.9. The van der Waals surface area contributed by atoms with E-state index in [2.05, 4.69) is 4.98 Å². The minimum atomic E-state index is -0.653. The summed E-state index contributed by atoms with van der Waals surface area (Å²) >= 11 is 0. The number of carbonyl (C=O) groups excluding carboxylic acids is 2. The highest BCUT2D eigenvalue weighted by atomic mass is 16.5. The summed E-state index contributed by atoms with van der Waals surface area (Å²) in [6.45, 7) is 3.62. The van der Waals surface area contributed by atoms with Crippen LogP contribution in [0.1, 0.15) is 23.2 Å². The number of aromatic nitrogens is 1. The number of hydrogen-bond donors (Lipinski definition) is 0. The lowest BCUT2D eigenvalue weighted by molar-refractivity contribution is -0.152. The fourth-order valence-corrected chi connectivity index (χ4v) is 4.30. The predicted molar refractivity (Wildman–Crippen MR) is 90.3 cm³/mol. The fourth-order valence-electron chi connectivity index (χ4n) is 4.30. The Morgan fingerprint density at radius 1 is 1.36 bits per heavy atom. The molecule has 1 amide bonds. The highest BCUT2D eigenvalue weighted by molar-refractivity contribution is 5.99. The molecule has 1 aromatic heterocycles. The molecule has 3 fully saturated rings. The molecule has 25 heavy (non-hydrogen) atoms. The molecule has 0 spiro atoms. The van der Waals surface area contributed by atoms with Gasteiger partial charge in [-0.3, -0.25) is 9.59 Å². The molecule has 3 aliphatic rings. The molecule has 134 valence electrons. The number of fused-ring (bicyclic) bond motifs is 1. The van der Waals surface area contributed by atoms with Gasteiger partial charge in [-0.05, 0) is 25.0 Å². The van der Waals surface area contributed by atoms with Crippen LogP contribution in [0.4, 0.5) is 5.82 Å². The van der Waals surface area contributed by atoms with Gasteiger partial charge in [0.05, 0.1) is 25.9 Å². The quantitative estimate of drug-likeness (QED) is 0.760. The van der Waals surface area contributed by atoms with Gasteiger partial charge in [0.1, 0.15) is 11.2 Å². The van der Waals surface area contributed by atoms with Gasteiger partial charge >= 0.3 is 5.97 Å². The van der Waals surface area contributed by atoms with Crippen molar-refractivity contribution < 1.29 is 19.1 Å². The number of anilines is 1. The van der Waals surface area contributed by atoms with Crippen molar-refractivity contribution in [3.63, 3.8) is 0 Å². The zero-order chi connectivity index (χ0) is 17.4. The van der Waals surface area contributed by atoms with Crippen LogP contribution in [0.15, 0.2) is 18.3 Å². The number of ether oxygens (including phenoxy) is 2. The first kappa shape index (κ1) is 16.3. The van der Waals surface area contributed by atoms with E-state index in [9.17, 15) is 9.59 Å². The molecular formula is C18H23N3O4. The summed E-state index contributed by atoms with van der Waals surface area (Å²) in [4.78, 5) is 33.7. The van der Waals surface area contributed by atoms with Crippen LogP contribution in [0, 0.1) is 11.3 Å². The minimum absolute atomic E-state index is 0.0287. The van der Waals surface area contributed by atoms with E-state index >= 15 is 0 Å². The monoisotopic (exact) mass is 345 g/mol. The number of rotatable bonds is 3. The molecule has 7 nitrogen and oxygen atoms in total. The first-order valence-electron chi connectivity index (χ1n) is 8.81. The Labute approximate surface area is 146 Å². The number of esters is 1. The number of pyridine rings is 1. The third-order valence-corrected chi connectivity index (χ3v) is 5.68. The first-order valence-corrected chi connectivity index (χ1v) is 8.81. The Kier molecular flexibility index (Phi) is 4.11. The Hall–Kier alpha value is -2.15. The molecule has 0 aliphatic carbocycles. The van der Waals surface area contributed by atoms with Crippen molar-refractivity contribution in [1.82, 2.24) is 9.88 Å². The third kappa shape index (κ3) is 2.57. The Morgan fingerprint density at radius 2 is 2.16 bits per heavy atom. The highest BCUT2D eigenvalue weighted by Crippen LogP contribution is 2.44. The maximum Gasteiger partial charge on any atom is 0.316 e. The van der Waals surface area contributed by atoms with Crippen LogP contribution in [0.2, 0.25) is 0 Å². The summed E-state index contributed by atoms with van der Waals surface area (Å²) in [7, 11) is 1.41. The molecule has 3 saturated heterocycles. The molecule has 4 rings (SSSR count). The number of likely N-dealkylation sites (tertiary alicyclic amines) is 1. The van der Waals surface area contributed by atoms with Gasteiger partial charge in [-0.2, -0.15) is 0 Å². The van der Waals surface area contributed by atoms with E-state index in [4.69, 9.17) is 9.47 Å². The van der Waals surface area contributed by atoms with E-state index < -0.39 is 5.41 Å². The van der Waals surface area contributed by atoms with Crippen molar-refractivity contribution in [2.24, 2.45) is 11.3 Å². The highest BCUT2D eigenvalue weighted by Gasteiger charge is 2.57. The summed E-state index contributed by atoms with van der Waals surface area (Å²) in [5, 5.41) is 0. The zero-order valence-electron chi connectivity index (χ0n) is 14.4. The van der Waals surface area contributed by atoms with Gasteiger partial charge in [0, 0.05) is 38.3 Å². The van der Waals surface area contributed by atoms with Gasteiger partial charge in [0.15, 0.2) is 0 Å². The average molecular weight is 345 g/mol. The van der Waals surface area contributed by atoms with Gasteiger partial charge in [-0.15, -0.1) is 0 Å². The van der Waals surface area contributed by atoms with Crippen LogP contribution in [0.5, 0.6) is 0 Å². The second-order valence-electron chi connectivity index (χ2n) is 7.11. The lowest BCUT2D eigenvalue weighted by atomic mass is 9.81. The maximum atomic E-state index is 12.9. The van der Waals surface area contributed by atoms with Crippen LogP contribution >= 0.6 is 0 Å². The molecule has 0 aromatic carbocycles. The molecular weight excluding hydrogens is 322 g/mol. The van der Waals surface area contributed by atoms with Crippen LogP contribution in [0.3, 0.4) is 0 Å². The summed E-state index contributed by atoms with van der Waals surface area (Å²) in [6.07, 6.45) is 3.80. The Bertz CT molecular complexity index is 689. The van der Waals surface area contributed by atoms with Crippen molar-refractivity contribution in [3.8, 4) is 0 Å². The molecule has 0 saturated carbocycles. The van der Waals surface area contributed by atoms with Gasteiger partial charge < -0.3 is 19.3 Å². The SMILES string of the molecule is COC(=O)[C@@]12COC[C@@H]1CN(c1ncccc1C(=O)N1CCCC1)C2. The second kappa shape index (κ2) is 6.29. The van der Waals surface area contributed by atoms with Gasteiger partial charge in [0.2, 0.25) is 0 Å². The van der Waals surface area contributed by atoms with E-state index in [0.29, 0.717) is 37.7 Å². The smallest absolute Gasteiger partial charge is 0.316 e. The predicted octanol–water partition coefficient (Wildman–Crippen LogP) is 0.943. The molecule has 2 atom stereocenters. The number of nitrogens with zero attached hydrogens (tertiary/aromatic N) is 3. The average Bonchev–Trinajstić information content (AvgIpc) is 3.35. The molecule has 1 aromatic rings. The van der Waals surface area contributed by atoms with E-state index in [1.165, 1.54) is 7.11 Å². The fraction of sp³-hybridized carbons (Fsp3) is 0.611. The third-order valence-electron chi connectivity index (χ3n) is 5.68. The summed E-state index contributed by atoms with van der Waals surface area (Å²) in [6, 6.07) is 3.63. The number of carbonyl (C=O) groups is 2. The molecule has 7 heteroatoms. The largest absolute Gasteiger partial charge is 0.468 e. The zero-order valence-corrected chi connectivity index (χ0v) is 14.4. The molecule has 0 unspecified atom stereocenters. The van der Waals surface area contributed by atoms with Crippen molar-refractivity contribution in [3.05, 3.63) is 23.9 Å². The van der Waals surface area contributed by atoms with Crippen molar-refractivity contribution in [2.75, 3.05) is 51.4 Å². The topological polar surface area (TPSA) is 72.0 Å². The minimum Gasteiger partial charge on any atom is -0.468 e. The van der Waals surface area contributed by atoms with Gasteiger partial charge in [0.25, 0.3) is 5.91 Å². The summed E-state index contributed by atoms with van der Waals surface area (Å²) in [5.74, 6) is 0.524. The van der Waals surface area contributed by atoms with E-state index in [0.717, 1.165) is 25.9 Å². The van der Waals surface area contributed by atoms with Crippen LogP contribution in [0.25, 0.3) is 0 Å². The molecule has 0 bridgehead atoms. The van der Waals surface area contributed by atoms with Crippen LogP contribution in [-0.4, -0.2) is 68.3 Å². The molecule has 0 N–H and O–H groups in total. The van der Waals surface area contributed by atoms with Gasteiger partial charge in [-0.1, -0.05) is 0 Å². The van der Waals surface area contributed by atoms with E-state index in [1.54, 1.807) is 12.3 Å². The Balaban J connectivity index is 1.63. The number of amides is 1. The van der Waals surface area contributed by atoms with Crippen molar-refractivity contribution in [2.45, 2.75) is 12.8 Å². The molecule has 3 aliphatic heterocycles. The Morgan fingerprint density at radius 3 is 2.92 bits per heavy atom. The van der Waals surface area contributed by atoms with Crippen LogP contribution in [-0.2, 0) is 14.3 Å². The summed E-state index contributed by atoms with van der Waals surface area (Å²) < 4.78 is 10.6. The number of methoxy groups -OCH3 is 1. The second-order valence-corrected chi connectivity index (χ2v) is 7.11. The number of hydrogen-bond acceptors (Lipinski definition) is 6. The van der Waals surface area contributed by atoms with Crippen molar-refractivity contribution in [1.29, 1.82) is 0 Å². The standard InChI is InChI=1S/C18H23N3O4/c1-24-17(23)18-11-21(9-13(18)10-25-12-18)15-14(5-4-6-19-15)16(22)20-7-2-3-8-20/h4-6,13H,2-3,7-12H2,1H3/t13-,18-/m0/s1. The van der Waals surface area contributed by atoms with Crippen LogP contribution < -0.4 is 4.90 Å². The van der Waals surface area contributed by atoms with Crippen molar-refractivity contribution >= 4 is 17.7 Å². The van der Waals surface area contributed by atoms with E-state index in [-0.39, 0.29) is 17.8 Å². The first-order chi connectivity index (χ1) is 12.2. The lowest BCUT2D eigenvalue weighted by Gasteiger charge is -2.26. The molecule has 4 heterocycles. The summed E-state index contributed by atoms with van der Waals surface area (Å²) in [5.41, 5.74) is -0.0365. The van der Waals surface area contributed by atoms with E-state index in [1.807, 2.05) is 15.9 Å². The molecule has 0 radical (unpaired) electrons. The lowest BCUT2D eigenvalue weighted by Crippen LogP contribution is -2.40. The normalized spacial score (nSPS) is 28.3. The van der Waals surface area contributed by atoms with Gasteiger partial charge in [-0.25, -0.2) is 4.98 Å².